The molecule has 1 aromatic heterocycles. The van der Waals surface area contributed by atoms with Crippen LogP contribution in [0.3, 0.4) is 0 Å². The van der Waals surface area contributed by atoms with Gasteiger partial charge in [-0.05, 0) is 34.9 Å². The lowest BCUT2D eigenvalue weighted by molar-refractivity contribution is -0.385. The van der Waals surface area contributed by atoms with E-state index in [0.717, 1.165) is 38.7 Å². The molecule has 6 aromatic rings. The van der Waals surface area contributed by atoms with E-state index in [9.17, 15) is 20.2 Å². The van der Waals surface area contributed by atoms with Crippen LogP contribution in [-0.4, -0.2) is 14.4 Å². The number of aromatic nitrogens is 1. The van der Waals surface area contributed by atoms with Gasteiger partial charge in [-0.3, -0.25) is 20.2 Å². The van der Waals surface area contributed by atoms with Crippen molar-refractivity contribution < 1.29 is 9.85 Å². The molecule has 38 heavy (non-hydrogen) atoms. The predicted molar refractivity (Wildman–Crippen MR) is 149 cm³/mol. The molecule has 0 unspecified atom stereocenters. The smallest absolute Gasteiger partial charge is 0.293 e. The van der Waals surface area contributed by atoms with Gasteiger partial charge >= 0.3 is 0 Å². The van der Waals surface area contributed by atoms with Gasteiger partial charge in [-0.1, -0.05) is 84.9 Å². The summed E-state index contributed by atoms with van der Waals surface area (Å²) >= 11 is 0. The molecular formula is C31H21N3O4. The summed E-state index contributed by atoms with van der Waals surface area (Å²) in [6, 6.07) is 36.1. The molecule has 0 fully saturated rings. The van der Waals surface area contributed by atoms with Gasteiger partial charge in [0.1, 0.15) is 5.52 Å². The van der Waals surface area contributed by atoms with E-state index >= 15 is 0 Å². The molecule has 0 saturated carbocycles. The molecule has 0 radical (unpaired) electrons. The molecular weight excluding hydrogens is 478 g/mol. The quantitative estimate of drug-likeness (QED) is 0.183. The summed E-state index contributed by atoms with van der Waals surface area (Å²) in [5.41, 5.74) is 7.03. The van der Waals surface area contributed by atoms with Gasteiger partial charge in [0.15, 0.2) is 0 Å². The van der Waals surface area contributed by atoms with Crippen LogP contribution in [0.2, 0.25) is 0 Å². The molecule has 184 valence electrons. The van der Waals surface area contributed by atoms with E-state index in [2.05, 4.69) is 0 Å². The number of nitrogens with zero attached hydrogens (tertiary/aromatic N) is 3. The summed E-state index contributed by atoms with van der Waals surface area (Å²) in [4.78, 5) is 21.8. The molecule has 0 saturated heterocycles. The van der Waals surface area contributed by atoms with E-state index in [1.54, 1.807) is 24.3 Å². The van der Waals surface area contributed by atoms with Crippen LogP contribution < -0.4 is 0 Å². The first kappa shape index (κ1) is 23.1. The number of fused-ring (bicyclic) bond motifs is 6. The van der Waals surface area contributed by atoms with Crippen molar-refractivity contribution in [2.24, 2.45) is 0 Å². The second kappa shape index (κ2) is 9.29. The molecule has 0 N–H and O–H groups in total. The summed E-state index contributed by atoms with van der Waals surface area (Å²) < 4.78 is 1.96. The zero-order valence-electron chi connectivity index (χ0n) is 20.2. The molecule has 0 aliphatic heterocycles. The van der Waals surface area contributed by atoms with Crippen LogP contribution in [0, 0.1) is 20.2 Å². The fraction of sp³-hybridized carbons (Fsp3) is 0.0323. The van der Waals surface area contributed by atoms with E-state index in [4.69, 9.17) is 0 Å². The Kier molecular flexibility index (Phi) is 5.65. The molecule has 7 nitrogen and oxygen atoms in total. The van der Waals surface area contributed by atoms with Gasteiger partial charge in [-0.25, -0.2) is 0 Å². The van der Waals surface area contributed by atoms with E-state index in [0.29, 0.717) is 11.9 Å². The number of rotatable bonds is 3. The summed E-state index contributed by atoms with van der Waals surface area (Å²) in [5, 5.41) is 24.3. The Morgan fingerprint density at radius 2 is 1.18 bits per heavy atom. The lowest BCUT2D eigenvalue weighted by Crippen LogP contribution is -1.97. The highest BCUT2D eigenvalue weighted by Crippen LogP contribution is 2.40. The van der Waals surface area contributed by atoms with Gasteiger partial charge in [0, 0.05) is 40.6 Å². The lowest BCUT2D eigenvalue weighted by atomic mass is 10.1. The zero-order chi connectivity index (χ0) is 26.2. The molecule has 1 aliphatic rings. The molecule has 7 rings (SSSR count). The fourth-order valence-corrected chi connectivity index (χ4v) is 5.30. The third-order valence-corrected chi connectivity index (χ3v) is 6.91. The topological polar surface area (TPSA) is 91.2 Å². The van der Waals surface area contributed by atoms with Crippen LogP contribution in [0.25, 0.3) is 38.6 Å². The number of para-hydroxylation sites is 3. The minimum atomic E-state index is -0.319. The van der Waals surface area contributed by atoms with Crippen LogP contribution in [0.1, 0.15) is 11.1 Å². The van der Waals surface area contributed by atoms with E-state index in [-0.39, 0.29) is 21.2 Å². The number of benzene rings is 5. The number of hydrogen-bond acceptors (Lipinski definition) is 4. The van der Waals surface area contributed by atoms with Crippen molar-refractivity contribution in [1.29, 1.82) is 0 Å². The largest absolute Gasteiger partial charge is 0.303 e. The van der Waals surface area contributed by atoms with Gasteiger partial charge in [0.05, 0.1) is 15.4 Å². The highest BCUT2D eigenvalue weighted by atomic mass is 16.6. The Bertz CT molecular complexity index is 1860. The van der Waals surface area contributed by atoms with Crippen molar-refractivity contribution in [3.05, 3.63) is 147 Å². The predicted octanol–water partition coefficient (Wildman–Crippen LogP) is 7.86. The summed E-state index contributed by atoms with van der Waals surface area (Å²) in [5.74, 6) is 0. The first-order valence-electron chi connectivity index (χ1n) is 12.1. The van der Waals surface area contributed by atoms with Crippen LogP contribution in [0.5, 0.6) is 0 Å². The average Bonchev–Trinajstić information content (AvgIpc) is 3.49. The van der Waals surface area contributed by atoms with Gasteiger partial charge in [-0.15, -0.1) is 0 Å². The van der Waals surface area contributed by atoms with Crippen molar-refractivity contribution >= 4 is 33.2 Å². The van der Waals surface area contributed by atoms with E-state index in [1.165, 1.54) is 5.56 Å². The lowest BCUT2D eigenvalue weighted by Gasteiger charge is -2.07. The standard InChI is InChI=1S/C18H12N2O2.C13H9NO2/c21-20(22)17-12-6-10-15-14-9-4-5-11-16(14)19(18(15)17)13-7-2-1-3-8-13;15-14(16)13-7-3-6-11-10-5-2-1-4-9(10)8-12(11)13/h1-12H;1-7H,8H2. The SMILES string of the molecule is O=[N+]([O-])c1cccc2c1Cc1ccccc1-2.O=[N+]([O-])c1cccc2c3ccccc3n(-c3ccccc3)c12. The van der Waals surface area contributed by atoms with Gasteiger partial charge in [-0.2, -0.15) is 0 Å². The molecule has 1 aliphatic carbocycles. The Morgan fingerprint density at radius 1 is 0.579 bits per heavy atom. The minimum absolute atomic E-state index is 0.123. The summed E-state index contributed by atoms with van der Waals surface area (Å²) in [6.45, 7) is 0. The zero-order valence-corrected chi connectivity index (χ0v) is 20.2. The van der Waals surface area contributed by atoms with Crippen molar-refractivity contribution in [3.8, 4) is 16.8 Å². The molecule has 0 amide bonds. The van der Waals surface area contributed by atoms with Crippen molar-refractivity contribution in [3.63, 3.8) is 0 Å². The Balaban J connectivity index is 0.000000146. The van der Waals surface area contributed by atoms with E-state index in [1.807, 2.05) is 95.6 Å². The number of hydrogen-bond donors (Lipinski definition) is 0. The van der Waals surface area contributed by atoms with Gasteiger partial charge in [0.25, 0.3) is 11.4 Å². The third kappa shape index (κ3) is 3.77. The average molecular weight is 500 g/mol. The second-order valence-corrected chi connectivity index (χ2v) is 9.01. The normalized spacial score (nSPS) is 11.5. The number of nitro groups is 2. The third-order valence-electron chi connectivity index (χ3n) is 6.91. The molecule has 7 heteroatoms. The summed E-state index contributed by atoms with van der Waals surface area (Å²) in [6.07, 6.45) is 0.669. The first-order chi connectivity index (χ1) is 18.5. The van der Waals surface area contributed by atoms with Crippen LogP contribution in [0.4, 0.5) is 11.4 Å². The molecule has 1 heterocycles. The van der Waals surface area contributed by atoms with Gasteiger partial charge in [0.2, 0.25) is 0 Å². The van der Waals surface area contributed by atoms with Crippen LogP contribution in [-0.2, 0) is 6.42 Å². The Labute approximate surface area is 217 Å². The van der Waals surface area contributed by atoms with E-state index < -0.39 is 0 Å². The maximum Gasteiger partial charge on any atom is 0.293 e. The highest BCUT2D eigenvalue weighted by molar-refractivity contribution is 6.12. The maximum atomic E-state index is 11.5. The molecule has 0 atom stereocenters. The van der Waals surface area contributed by atoms with Crippen molar-refractivity contribution in [2.75, 3.05) is 0 Å². The summed E-state index contributed by atoms with van der Waals surface area (Å²) in [7, 11) is 0. The van der Waals surface area contributed by atoms with Crippen molar-refractivity contribution in [2.45, 2.75) is 6.42 Å². The molecule has 5 aromatic carbocycles. The second-order valence-electron chi connectivity index (χ2n) is 9.01. The van der Waals surface area contributed by atoms with Crippen molar-refractivity contribution in [1.82, 2.24) is 4.57 Å². The molecule has 0 bridgehead atoms. The highest BCUT2D eigenvalue weighted by Gasteiger charge is 2.25. The number of nitro benzene ring substituents is 2. The Morgan fingerprint density at radius 3 is 1.97 bits per heavy atom. The fourth-order valence-electron chi connectivity index (χ4n) is 5.30. The van der Waals surface area contributed by atoms with Crippen LogP contribution >= 0.6 is 0 Å². The first-order valence-corrected chi connectivity index (χ1v) is 12.1. The Hall–Kier alpha value is -5.30. The minimum Gasteiger partial charge on any atom is -0.303 e. The monoisotopic (exact) mass is 499 g/mol. The maximum absolute atomic E-state index is 11.5. The van der Waals surface area contributed by atoms with Gasteiger partial charge < -0.3 is 4.57 Å². The molecule has 0 spiro atoms. The van der Waals surface area contributed by atoms with Crippen LogP contribution in [0.15, 0.2) is 115 Å². The number of non-ortho nitro benzene ring substituents is 1.